The van der Waals surface area contributed by atoms with Gasteiger partial charge >= 0.3 is 5.69 Å². The van der Waals surface area contributed by atoms with Crippen LogP contribution in [-0.2, 0) is 22.8 Å². The van der Waals surface area contributed by atoms with E-state index in [0.717, 1.165) is 10.8 Å². The average molecular weight is 281 g/mol. The van der Waals surface area contributed by atoms with Gasteiger partial charge in [0.25, 0.3) is 5.56 Å². The molecule has 0 aliphatic heterocycles. The van der Waals surface area contributed by atoms with Gasteiger partial charge in [-0.15, -0.1) is 0 Å². The van der Waals surface area contributed by atoms with Crippen LogP contribution in [0.15, 0.2) is 9.59 Å². The highest BCUT2D eigenvalue weighted by Gasteiger charge is 2.12. The van der Waals surface area contributed by atoms with E-state index in [9.17, 15) is 18.0 Å². The maximum absolute atomic E-state index is 11.8. The molecule has 0 amide bonds. The van der Waals surface area contributed by atoms with Crippen LogP contribution in [0.2, 0.25) is 5.15 Å². The fraction of sp³-hybridized carbons (Fsp3) is 0.556. The van der Waals surface area contributed by atoms with E-state index in [1.165, 1.54) is 0 Å². The molecule has 0 saturated heterocycles. The molecule has 1 aromatic heterocycles. The highest BCUT2D eigenvalue weighted by molar-refractivity contribution is 7.90. The molecule has 17 heavy (non-hydrogen) atoms. The van der Waals surface area contributed by atoms with E-state index >= 15 is 0 Å². The molecule has 0 fully saturated rings. The van der Waals surface area contributed by atoms with Gasteiger partial charge in [0.1, 0.15) is 15.0 Å². The molecule has 0 radical (unpaired) electrons. The fourth-order valence-electron chi connectivity index (χ4n) is 1.35. The number of halogens is 1. The van der Waals surface area contributed by atoms with E-state index in [-0.39, 0.29) is 23.0 Å². The summed E-state index contributed by atoms with van der Waals surface area (Å²) in [6.45, 7) is 1.55. The van der Waals surface area contributed by atoms with Gasteiger partial charge < -0.3 is 0 Å². The smallest absolute Gasteiger partial charge is 0.297 e. The Hall–Kier alpha value is -1.08. The Morgan fingerprint density at radius 2 is 1.94 bits per heavy atom. The van der Waals surface area contributed by atoms with E-state index < -0.39 is 21.1 Å². The van der Waals surface area contributed by atoms with Crippen LogP contribution in [0.5, 0.6) is 0 Å². The molecule has 0 saturated carbocycles. The van der Waals surface area contributed by atoms with E-state index in [2.05, 4.69) is 4.98 Å². The van der Waals surface area contributed by atoms with Gasteiger partial charge in [0.15, 0.2) is 0 Å². The van der Waals surface area contributed by atoms with Crippen LogP contribution < -0.4 is 11.2 Å². The normalized spacial score (nSPS) is 11.7. The van der Waals surface area contributed by atoms with Crippen molar-refractivity contribution in [3.8, 4) is 0 Å². The topological polar surface area (TPSA) is 89.0 Å². The zero-order valence-electron chi connectivity index (χ0n) is 9.49. The lowest BCUT2D eigenvalue weighted by atomic mass is 10.2. The Morgan fingerprint density at radius 1 is 1.35 bits per heavy atom. The SMILES string of the molecule is CCc1c(Cl)[nH]c(=O)n(CCS(C)(=O)=O)c1=O. The minimum absolute atomic E-state index is 0.0121. The maximum Gasteiger partial charge on any atom is 0.329 e. The zero-order valence-corrected chi connectivity index (χ0v) is 11.1. The number of sulfone groups is 1. The zero-order chi connectivity index (χ0) is 13.2. The summed E-state index contributed by atoms with van der Waals surface area (Å²) in [5, 5.41) is 0.0121. The summed E-state index contributed by atoms with van der Waals surface area (Å²) in [5.74, 6) is -0.263. The van der Waals surface area contributed by atoms with E-state index in [4.69, 9.17) is 11.6 Å². The highest BCUT2D eigenvalue weighted by Crippen LogP contribution is 2.05. The van der Waals surface area contributed by atoms with Gasteiger partial charge in [0.05, 0.1) is 11.3 Å². The number of aromatic nitrogens is 2. The van der Waals surface area contributed by atoms with Crippen molar-refractivity contribution in [3.05, 3.63) is 31.6 Å². The summed E-state index contributed by atoms with van der Waals surface area (Å²) in [4.78, 5) is 25.6. The van der Waals surface area contributed by atoms with Gasteiger partial charge in [-0.05, 0) is 6.42 Å². The summed E-state index contributed by atoms with van der Waals surface area (Å²) in [6, 6.07) is 0. The predicted octanol–water partition coefficient (Wildman–Crippen LogP) is -0.203. The lowest BCUT2D eigenvalue weighted by molar-refractivity contribution is 0.587. The number of nitrogens with zero attached hydrogens (tertiary/aromatic N) is 1. The van der Waals surface area contributed by atoms with Crippen molar-refractivity contribution >= 4 is 21.4 Å². The van der Waals surface area contributed by atoms with Crippen LogP contribution >= 0.6 is 11.6 Å². The molecule has 0 aliphatic carbocycles. The van der Waals surface area contributed by atoms with Crippen LogP contribution in [-0.4, -0.2) is 30.0 Å². The molecule has 8 heteroatoms. The van der Waals surface area contributed by atoms with Gasteiger partial charge in [-0.3, -0.25) is 14.3 Å². The van der Waals surface area contributed by atoms with Gasteiger partial charge in [-0.1, -0.05) is 18.5 Å². The quantitative estimate of drug-likeness (QED) is 0.774. The largest absolute Gasteiger partial charge is 0.329 e. The van der Waals surface area contributed by atoms with Crippen LogP contribution in [0.25, 0.3) is 0 Å². The third-order valence-corrected chi connectivity index (χ3v) is 3.52. The second-order valence-electron chi connectivity index (χ2n) is 3.66. The molecule has 1 aromatic rings. The molecule has 6 nitrogen and oxygen atoms in total. The predicted molar refractivity (Wildman–Crippen MR) is 65.4 cm³/mol. The molecule has 1 N–H and O–H groups in total. The number of hydrogen-bond donors (Lipinski definition) is 1. The van der Waals surface area contributed by atoms with Gasteiger partial charge in [0.2, 0.25) is 0 Å². The first kappa shape index (κ1) is 14.0. The van der Waals surface area contributed by atoms with Crippen LogP contribution in [0, 0.1) is 0 Å². The molecule has 1 rings (SSSR count). The molecule has 96 valence electrons. The molecular weight excluding hydrogens is 268 g/mol. The van der Waals surface area contributed by atoms with Crippen LogP contribution in [0.1, 0.15) is 12.5 Å². The first-order chi connectivity index (χ1) is 7.76. The lowest BCUT2D eigenvalue weighted by Gasteiger charge is -2.06. The summed E-state index contributed by atoms with van der Waals surface area (Å²) >= 11 is 5.71. The number of nitrogens with one attached hydrogen (secondary N) is 1. The Bertz CT molecular complexity index is 629. The number of hydrogen-bond acceptors (Lipinski definition) is 4. The standard InChI is InChI=1S/C9H13ClN2O4S/c1-3-6-7(10)11-9(14)12(8(6)13)4-5-17(2,15)16/h3-5H2,1-2H3,(H,11,14). The van der Waals surface area contributed by atoms with Gasteiger partial charge in [0, 0.05) is 12.8 Å². The molecular formula is C9H13ClN2O4S. The van der Waals surface area contributed by atoms with E-state index in [0.29, 0.717) is 6.42 Å². The first-order valence-electron chi connectivity index (χ1n) is 4.95. The second kappa shape index (κ2) is 5.05. The molecule has 0 atom stereocenters. The van der Waals surface area contributed by atoms with Crippen LogP contribution in [0.3, 0.4) is 0 Å². The number of rotatable bonds is 4. The van der Waals surface area contributed by atoms with Crippen molar-refractivity contribution in [2.75, 3.05) is 12.0 Å². The monoisotopic (exact) mass is 280 g/mol. The summed E-state index contributed by atoms with van der Waals surface area (Å²) in [6.07, 6.45) is 1.41. The maximum atomic E-state index is 11.8. The molecule has 0 spiro atoms. The third kappa shape index (κ3) is 3.44. The van der Waals surface area contributed by atoms with E-state index in [1.54, 1.807) is 6.92 Å². The number of H-pyrrole nitrogens is 1. The average Bonchev–Trinajstić information content (AvgIpc) is 2.15. The minimum Gasteiger partial charge on any atom is -0.297 e. The van der Waals surface area contributed by atoms with Crippen molar-refractivity contribution in [1.29, 1.82) is 0 Å². The summed E-state index contributed by atoms with van der Waals surface area (Å²) < 4.78 is 22.8. The lowest BCUT2D eigenvalue weighted by Crippen LogP contribution is -2.38. The van der Waals surface area contributed by atoms with Crippen molar-refractivity contribution < 1.29 is 8.42 Å². The summed E-state index contributed by atoms with van der Waals surface area (Å²) in [5.41, 5.74) is -0.953. The fourth-order valence-corrected chi connectivity index (χ4v) is 2.16. The third-order valence-electron chi connectivity index (χ3n) is 2.27. The van der Waals surface area contributed by atoms with Crippen LogP contribution in [0.4, 0.5) is 0 Å². The minimum atomic E-state index is -3.23. The van der Waals surface area contributed by atoms with Crippen molar-refractivity contribution in [2.24, 2.45) is 0 Å². The molecule has 0 aromatic carbocycles. The number of aromatic amines is 1. The molecule has 0 bridgehead atoms. The van der Waals surface area contributed by atoms with Crippen molar-refractivity contribution in [1.82, 2.24) is 9.55 Å². The Morgan fingerprint density at radius 3 is 2.41 bits per heavy atom. The molecule has 0 aliphatic rings. The van der Waals surface area contributed by atoms with Gasteiger partial charge in [-0.2, -0.15) is 0 Å². The van der Waals surface area contributed by atoms with E-state index in [1.807, 2.05) is 0 Å². The van der Waals surface area contributed by atoms with Crippen molar-refractivity contribution in [3.63, 3.8) is 0 Å². The van der Waals surface area contributed by atoms with Gasteiger partial charge in [-0.25, -0.2) is 13.2 Å². The Kier molecular flexibility index (Phi) is 4.16. The molecule has 1 heterocycles. The second-order valence-corrected chi connectivity index (χ2v) is 6.30. The Balaban J connectivity index is 3.26. The molecule has 0 unspecified atom stereocenters. The summed E-state index contributed by atoms with van der Waals surface area (Å²) in [7, 11) is -3.23. The Labute approximate surface area is 103 Å². The first-order valence-corrected chi connectivity index (χ1v) is 7.39. The van der Waals surface area contributed by atoms with Crippen molar-refractivity contribution in [2.45, 2.75) is 19.9 Å². The highest BCUT2D eigenvalue weighted by atomic mass is 35.5.